The monoisotopic (exact) mass is 1060 g/mol. The van der Waals surface area contributed by atoms with Gasteiger partial charge in [0, 0.05) is 66.7 Å². The summed E-state index contributed by atoms with van der Waals surface area (Å²) < 4.78 is 37.8. The highest BCUT2D eigenvalue weighted by Crippen LogP contribution is 2.67. The Labute approximate surface area is 482 Å². The smallest absolute Gasteiger partial charge is 0.253 e. The molecule has 4 unspecified atom stereocenters. The number of benzene rings is 7. The first-order valence-corrected chi connectivity index (χ1v) is 30.6. The fraction of sp³-hybridized carbons (Fsp3) is 0.440. The van der Waals surface area contributed by atoms with Gasteiger partial charge in [0.15, 0.2) is 0 Å². The molecule has 0 radical (unpaired) electrons. The second kappa shape index (κ2) is 15.7. The van der Waals surface area contributed by atoms with Gasteiger partial charge in [0.25, 0.3) is 6.71 Å². The predicted molar refractivity (Wildman–Crippen MR) is 341 cm³/mol. The highest BCUT2D eigenvalue weighted by molar-refractivity contribution is 7.02. The Bertz CT molecular complexity index is 4170. The van der Waals surface area contributed by atoms with E-state index in [1.807, 2.05) is 0 Å². The molecule has 0 spiro atoms. The van der Waals surface area contributed by atoms with Crippen molar-refractivity contribution in [1.29, 1.82) is 0 Å². The summed E-state index contributed by atoms with van der Waals surface area (Å²) in [4.78, 5) is 8.08. The molecule has 2 aliphatic carbocycles. The molecular weight excluding hydrogens is 970 g/mol. The van der Waals surface area contributed by atoms with Crippen LogP contribution in [0.2, 0.25) is 0 Å². The molecule has 2 saturated carbocycles. The van der Waals surface area contributed by atoms with Crippen molar-refractivity contribution in [1.82, 2.24) is 0 Å². The Morgan fingerprint density at radius 2 is 1.15 bits per heavy atom. The van der Waals surface area contributed by atoms with E-state index in [0.717, 1.165) is 90.1 Å². The van der Waals surface area contributed by atoms with Crippen LogP contribution in [0.5, 0.6) is 0 Å². The number of rotatable bonds is 3. The van der Waals surface area contributed by atoms with Gasteiger partial charge in [0.1, 0.15) is 11.2 Å². The topological polar surface area (TPSA) is 22.9 Å². The molecule has 408 valence electrons. The summed E-state index contributed by atoms with van der Waals surface area (Å²) in [7, 11) is 0. The maximum Gasteiger partial charge on any atom is 0.253 e. The molecule has 4 bridgehead atoms. The normalized spacial score (nSPS) is 25.6. The molecule has 4 atom stereocenters. The van der Waals surface area contributed by atoms with Gasteiger partial charge >= 0.3 is 0 Å². The molecule has 1 aromatic heterocycles. The van der Waals surface area contributed by atoms with E-state index in [9.17, 15) is 4.11 Å². The molecule has 8 aromatic rings. The van der Waals surface area contributed by atoms with E-state index < -0.39 is 21.8 Å². The summed E-state index contributed by atoms with van der Waals surface area (Å²) in [6.45, 7) is 38.2. The summed E-state index contributed by atoms with van der Waals surface area (Å²) in [6.07, 6.45) is 8.43. The van der Waals surface area contributed by atoms with Crippen LogP contribution in [0.4, 0.5) is 39.8 Å². The first-order chi connectivity index (χ1) is 38.9. The summed E-state index contributed by atoms with van der Waals surface area (Å²) in [5.41, 5.74) is 20.3. The van der Waals surface area contributed by atoms with Gasteiger partial charge in [-0.2, -0.15) is 0 Å². The summed E-state index contributed by atoms with van der Waals surface area (Å²) in [5.74, 6) is 0. The van der Waals surface area contributed by atoms with Crippen molar-refractivity contribution in [2.75, 3.05) is 14.7 Å². The third kappa shape index (κ3) is 6.06. The van der Waals surface area contributed by atoms with Crippen LogP contribution < -0.4 is 31.1 Å². The van der Waals surface area contributed by atoms with Gasteiger partial charge in [-0.05, 0) is 171 Å². The van der Waals surface area contributed by atoms with Crippen LogP contribution in [-0.4, -0.2) is 17.8 Å². The van der Waals surface area contributed by atoms with E-state index in [0.29, 0.717) is 11.6 Å². The summed E-state index contributed by atoms with van der Waals surface area (Å²) in [6, 6.07) is 41.6. The lowest BCUT2D eigenvalue weighted by Crippen LogP contribution is -2.65. The third-order valence-electron chi connectivity index (χ3n) is 22.8. The number of hydrogen-bond donors (Lipinski definition) is 0. The third-order valence-corrected chi connectivity index (χ3v) is 22.8. The Hall–Kier alpha value is -6.20. The summed E-state index contributed by atoms with van der Waals surface area (Å²) >= 11 is 0. The van der Waals surface area contributed by atoms with Crippen LogP contribution in [0, 0.1) is 10.8 Å². The van der Waals surface area contributed by atoms with E-state index >= 15 is 0 Å². The van der Waals surface area contributed by atoms with Crippen LogP contribution in [0.25, 0.3) is 33.1 Å². The zero-order chi connectivity index (χ0) is 58.6. The van der Waals surface area contributed by atoms with Gasteiger partial charge in [-0.1, -0.05) is 189 Å². The lowest BCUT2D eigenvalue weighted by atomic mass is 9.32. The van der Waals surface area contributed by atoms with E-state index in [1.54, 1.807) is 0 Å². The maximum absolute atomic E-state index is 10.4. The van der Waals surface area contributed by atoms with E-state index in [1.165, 1.54) is 78.3 Å². The predicted octanol–water partition coefficient (Wildman–Crippen LogP) is 18.6. The minimum Gasteiger partial charge on any atom is -0.456 e. The minimum absolute atomic E-state index is 0.106. The van der Waals surface area contributed by atoms with E-state index in [4.69, 9.17) is 4.42 Å². The van der Waals surface area contributed by atoms with Gasteiger partial charge in [0.05, 0.1) is 20.9 Å². The number of hydrogen-bond acceptors (Lipinski definition) is 4. The number of fused-ring (bicyclic) bond motifs is 9. The molecule has 0 saturated heterocycles. The van der Waals surface area contributed by atoms with E-state index in [2.05, 4.69) is 229 Å². The fourth-order valence-corrected chi connectivity index (χ4v) is 18.8. The van der Waals surface area contributed by atoms with Crippen molar-refractivity contribution in [2.45, 2.75) is 200 Å². The Morgan fingerprint density at radius 1 is 0.525 bits per heavy atom. The zero-order valence-corrected chi connectivity index (χ0v) is 50.8. The zero-order valence-electron chi connectivity index (χ0n) is 53.8. The lowest BCUT2D eigenvalue weighted by molar-refractivity contribution is 0.0906. The first-order valence-electron chi connectivity index (χ1n) is 32.1. The van der Waals surface area contributed by atoms with Crippen molar-refractivity contribution >= 4 is 84.9 Å². The molecule has 2 fully saturated rings. The van der Waals surface area contributed by atoms with Gasteiger partial charge in [-0.3, -0.25) is 0 Å². The van der Waals surface area contributed by atoms with Crippen LogP contribution in [0.1, 0.15) is 200 Å². The van der Waals surface area contributed by atoms with Crippen molar-refractivity contribution in [3.63, 3.8) is 0 Å². The second-order valence-electron chi connectivity index (χ2n) is 30.9. The molecule has 15 rings (SSSR count). The Balaban J connectivity index is 1.16. The molecule has 4 nitrogen and oxygen atoms in total. The van der Waals surface area contributed by atoms with E-state index in [-0.39, 0.29) is 46.0 Å². The Kier molecular flexibility index (Phi) is 9.29. The standard InChI is InChI=1S/C75H84BN3O/c1-67(2,3)46-26-29-56(51(38-46)45-24-18-17-19-25-45)77-58-31-33-62-63-52-39-48(28-32-61(52)80-62)75(69(7,8)9,70(10,11)12)49-41-54-66-55(42-49)76(65(58)63)64-59(77)43-50(44-60(64)79(66)74(16)37-23-21-35-72(54,74)14)78-57-30-27-47(68(4,5)6)40-53(57)71(13)34-20-22-36-73(71,78)15/h17-19,24-33,38-44H,20-23,34-37H2,1-16H3/i27D,30D,40D. The molecule has 5 heteroatoms. The van der Waals surface area contributed by atoms with Crippen molar-refractivity contribution in [3.05, 3.63) is 155 Å². The molecule has 6 heterocycles. The molecule has 80 heavy (non-hydrogen) atoms. The average molecular weight is 1060 g/mol. The molecule has 5 aliphatic heterocycles. The number of anilines is 7. The van der Waals surface area contributed by atoms with Gasteiger partial charge in [-0.25, -0.2) is 0 Å². The number of furan rings is 1. The first kappa shape index (κ1) is 47.4. The quantitative estimate of drug-likeness (QED) is 0.165. The number of nitrogens with zero attached hydrogens (tertiary/aromatic N) is 3. The van der Waals surface area contributed by atoms with Crippen molar-refractivity contribution in [2.24, 2.45) is 10.8 Å². The van der Waals surface area contributed by atoms with Crippen LogP contribution >= 0.6 is 0 Å². The average Bonchev–Trinajstić information content (AvgIpc) is 1.59. The molecule has 7 aliphatic rings. The minimum atomic E-state index is -0.496. The largest absolute Gasteiger partial charge is 0.456 e. The summed E-state index contributed by atoms with van der Waals surface area (Å²) in [5, 5.41) is 2.37. The van der Waals surface area contributed by atoms with Crippen LogP contribution in [0.15, 0.2) is 126 Å². The van der Waals surface area contributed by atoms with Crippen molar-refractivity contribution in [3.8, 4) is 11.1 Å². The SMILES string of the molecule is [2H]c1c([2H])c(C(C)(C)C)c([2H])c2c1N(c1cc3c4c(c1)N1c5c6cc(cc5C5(C)CCCCC15C)C(C(C)(C)C)(C(C)(C)C)c1ccc5oc7ccc(c(c7c5c1)B64)N3c1ccc(C(C)(C)C)cc1-c1ccccc1)C1(C)CCCCC21C. The maximum atomic E-state index is 10.4. The molecule has 0 N–H and O–H groups in total. The molecule has 0 amide bonds. The van der Waals surface area contributed by atoms with Gasteiger partial charge in [-0.15, -0.1) is 0 Å². The molecular formula is C75H84BN3O. The molecule has 7 aromatic carbocycles. The van der Waals surface area contributed by atoms with Gasteiger partial charge in [0.2, 0.25) is 0 Å². The Morgan fingerprint density at radius 3 is 1.82 bits per heavy atom. The van der Waals surface area contributed by atoms with Gasteiger partial charge < -0.3 is 19.1 Å². The lowest BCUT2D eigenvalue weighted by Gasteiger charge is -2.55. The van der Waals surface area contributed by atoms with Crippen LogP contribution in [-0.2, 0) is 27.1 Å². The van der Waals surface area contributed by atoms with Crippen LogP contribution in [0.3, 0.4) is 0 Å². The highest BCUT2D eigenvalue weighted by Gasteiger charge is 2.65. The fourth-order valence-electron chi connectivity index (χ4n) is 18.8. The highest BCUT2D eigenvalue weighted by atomic mass is 16.3. The van der Waals surface area contributed by atoms with Crippen molar-refractivity contribution < 1.29 is 8.53 Å². The second-order valence-corrected chi connectivity index (χ2v) is 30.9.